The SMILES string of the molecule is O=C(C1CCC1)N1CCN(C(=O)c2ccc(CO)o2)[C@H]2CS(=O)(=O)C[C@H]21. The summed E-state index contributed by atoms with van der Waals surface area (Å²) >= 11 is 0. The third-order valence-corrected chi connectivity index (χ3v) is 7.40. The van der Waals surface area contributed by atoms with E-state index in [0.717, 1.165) is 19.3 Å². The second-order valence-corrected chi connectivity index (χ2v) is 9.45. The van der Waals surface area contributed by atoms with Crippen molar-refractivity contribution >= 4 is 21.7 Å². The van der Waals surface area contributed by atoms with Gasteiger partial charge in [0.1, 0.15) is 12.4 Å². The van der Waals surface area contributed by atoms with Gasteiger partial charge in [0.25, 0.3) is 5.91 Å². The fraction of sp³-hybridized carbons (Fsp3) is 0.647. The second kappa shape index (κ2) is 6.38. The van der Waals surface area contributed by atoms with Crippen molar-refractivity contribution in [3.63, 3.8) is 0 Å². The summed E-state index contributed by atoms with van der Waals surface area (Å²) in [5.41, 5.74) is 0. The summed E-state index contributed by atoms with van der Waals surface area (Å²) in [5, 5.41) is 9.10. The van der Waals surface area contributed by atoms with Crippen LogP contribution in [0.25, 0.3) is 0 Å². The normalized spacial score (nSPS) is 27.9. The number of aliphatic hydroxyl groups is 1. The van der Waals surface area contributed by atoms with Gasteiger partial charge in [-0.15, -0.1) is 0 Å². The van der Waals surface area contributed by atoms with Crippen LogP contribution in [-0.2, 0) is 21.2 Å². The molecule has 2 amide bonds. The van der Waals surface area contributed by atoms with Crippen molar-refractivity contribution in [1.29, 1.82) is 0 Å². The lowest BCUT2D eigenvalue weighted by molar-refractivity contribution is -0.143. The Bertz CT molecular complexity index is 828. The van der Waals surface area contributed by atoms with E-state index in [1.807, 2.05) is 0 Å². The first-order valence-electron chi connectivity index (χ1n) is 8.91. The van der Waals surface area contributed by atoms with Crippen LogP contribution in [0, 0.1) is 5.92 Å². The number of nitrogens with zero attached hydrogens (tertiary/aromatic N) is 2. The zero-order chi connectivity index (χ0) is 18.5. The number of hydrogen-bond acceptors (Lipinski definition) is 6. The van der Waals surface area contributed by atoms with Crippen molar-refractivity contribution in [3.05, 3.63) is 23.7 Å². The van der Waals surface area contributed by atoms with Gasteiger partial charge in [-0.05, 0) is 25.0 Å². The van der Waals surface area contributed by atoms with Crippen molar-refractivity contribution in [3.8, 4) is 0 Å². The number of furan rings is 1. The summed E-state index contributed by atoms with van der Waals surface area (Å²) < 4.78 is 29.8. The smallest absolute Gasteiger partial charge is 0.289 e. The maximum Gasteiger partial charge on any atom is 0.289 e. The number of hydrogen-bond donors (Lipinski definition) is 1. The van der Waals surface area contributed by atoms with Crippen molar-refractivity contribution in [2.45, 2.75) is 38.0 Å². The molecule has 3 aliphatic rings. The molecule has 0 unspecified atom stereocenters. The standard InChI is InChI=1S/C17H22N2O6S/c20-8-12-4-5-15(25-12)17(22)19-7-6-18(16(21)11-2-1-3-11)13-9-26(23,24)10-14(13)19/h4-5,11,13-14,20H,1-3,6-10H2/t13-,14+/m1/s1. The Balaban J connectivity index is 1.58. The van der Waals surface area contributed by atoms with Gasteiger partial charge in [0.05, 0.1) is 23.6 Å². The van der Waals surface area contributed by atoms with Crippen LogP contribution >= 0.6 is 0 Å². The molecule has 2 aliphatic heterocycles. The van der Waals surface area contributed by atoms with Gasteiger partial charge in [-0.2, -0.15) is 0 Å². The van der Waals surface area contributed by atoms with Gasteiger partial charge in [0.2, 0.25) is 5.91 Å². The van der Waals surface area contributed by atoms with Crippen molar-refractivity contribution in [2.75, 3.05) is 24.6 Å². The Labute approximate surface area is 151 Å². The maximum atomic E-state index is 12.8. The van der Waals surface area contributed by atoms with Crippen LogP contribution < -0.4 is 0 Å². The number of piperazine rings is 1. The average Bonchev–Trinajstić information content (AvgIpc) is 3.14. The molecule has 2 atom stereocenters. The van der Waals surface area contributed by atoms with Crippen LogP contribution in [0.15, 0.2) is 16.5 Å². The Morgan fingerprint density at radius 1 is 1.12 bits per heavy atom. The topological polar surface area (TPSA) is 108 Å². The van der Waals surface area contributed by atoms with Crippen molar-refractivity contribution in [2.24, 2.45) is 5.92 Å². The monoisotopic (exact) mass is 382 g/mol. The van der Waals surface area contributed by atoms with E-state index >= 15 is 0 Å². The van der Waals surface area contributed by atoms with Gasteiger partial charge in [0.15, 0.2) is 15.6 Å². The lowest BCUT2D eigenvalue weighted by Gasteiger charge is -2.45. The second-order valence-electron chi connectivity index (χ2n) is 7.29. The molecule has 1 saturated carbocycles. The number of sulfone groups is 1. The molecule has 1 aliphatic carbocycles. The first-order chi connectivity index (χ1) is 12.4. The molecule has 2 saturated heterocycles. The number of carbonyl (C=O) groups is 2. The van der Waals surface area contributed by atoms with Gasteiger partial charge in [-0.25, -0.2) is 8.42 Å². The van der Waals surface area contributed by atoms with Crippen LogP contribution in [0.3, 0.4) is 0 Å². The van der Waals surface area contributed by atoms with E-state index in [0.29, 0.717) is 6.54 Å². The summed E-state index contributed by atoms with van der Waals surface area (Å²) in [6.07, 6.45) is 2.75. The maximum absolute atomic E-state index is 12.8. The number of aliphatic hydroxyl groups excluding tert-OH is 1. The minimum Gasteiger partial charge on any atom is -0.453 e. The molecule has 4 rings (SSSR count). The minimum atomic E-state index is -3.32. The van der Waals surface area contributed by atoms with E-state index in [4.69, 9.17) is 9.52 Å². The Morgan fingerprint density at radius 3 is 2.35 bits per heavy atom. The fourth-order valence-corrected chi connectivity index (χ4v) is 6.07. The van der Waals surface area contributed by atoms with Crippen LogP contribution in [0.1, 0.15) is 35.6 Å². The van der Waals surface area contributed by atoms with E-state index in [1.54, 1.807) is 4.90 Å². The molecule has 26 heavy (non-hydrogen) atoms. The predicted molar refractivity (Wildman–Crippen MR) is 91.0 cm³/mol. The Kier molecular flexibility index (Phi) is 4.31. The zero-order valence-electron chi connectivity index (χ0n) is 14.3. The molecular formula is C17H22N2O6S. The largest absolute Gasteiger partial charge is 0.453 e. The molecule has 1 N–H and O–H groups in total. The Hall–Kier alpha value is -1.87. The number of carbonyl (C=O) groups excluding carboxylic acids is 2. The molecule has 9 heteroatoms. The van der Waals surface area contributed by atoms with Gasteiger partial charge in [0, 0.05) is 19.0 Å². The lowest BCUT2D eigenvalue weighted by Crippen LogP contribution is -2.63. The summed E-state index contributed by atoms with van der Waals surface area (Å²) in [5.74, 6) is -0.244. The molecule has 3 heterocycles. The third-order valence-electron chi connectivity index (χ3n) is 5.70. The average molecular weight is 382 g/mol. The lowest BCUT2D eigenvalue weighted by atomic mass is 9.83. The molecule has 8 nitrogen and oxygen atoms in total. The number of rotatable bonds is 3. The summed E-state index contributed by atoms with van der Waals surface area (Å²) in [7, 11) is -3.32. The van der Waals surface area contributed by atoms with Gasteiger partial charge in [-0.3, -0.25) is 9.59 Å². The predicted octanol–water partition coefficient (Wildman–Crippen LogP) is 0.0220. The van der Waals surface area contributed by atoms with E-state index in [9.17, 15) is 18.0 Å². The number of amides is 2. The summed E-state index contributed by atoms with van der Waals surface area (Å²) in [6.45, 7) is 0.311. The third kappa shape index (κ3) is 2.92. The molecule has 0 radical (unpaired) electrons. The quantitative estimate of drug-likeness (QED) is 0.790. The molecule has 1 aromatic rings. The van der Waals surface area contributed by atoms with Gasteiger partial charge < -0.3 is 19.3 Å². The highest BCUT2D eigenvalue weighted by Gasteiger charge is 2.50. The molecule has 0 aromatic carbocycles. The van der Waals surface area contributed by atoms with Crippen molar-refractivity contribution in [1.82, 2.24) is 9.80 Å². The van der Waals surface area contributed by atoms with Gasteiger partial charge in [-0.1, -0.05) is 6.42 Å². The highest BCUT2D eigenvalue weighted by Crippen LogP contribution is 2.34. The molecule has 0 bridgehead atoms. The molecule has 0 spiro atoms. The number of fused-ring (bicyclic) bond motifs is 1. The van der Waals surface area contributed by atoms with E-state index in [-0.39, 0.29) is 48.0 Å². The first kappa shape index (κ1) is 17.5. The van der Waals surface area contributed by atoms with E-state index < -0.39 is 27.8 Å². The molecule has 3 fully saturated rings. The highest BCUT2D eigenvalue weighted by molar-refractivity contribution is 7.91. The Morgan fingerprint density at radius 2 is 1.77 bits per heavy atom. The molecular weight excluding hydrogens is 360 g/mol. The summed E-state index contributed by atoms with van der Waals surface area (Å²) in [4.78, 5) is 28.7. The first-order valence-corrected chi connectivity index (χ1v) is 10.7. The van der Waals surface area contributed by atoms with Crippen LogP contribution in [0.5, 0.6) is 0 Å². The van der Waals surface area contributed by atoms with E-state index in [2.05, 4.69) is 0 Å². The van der Waals surface area contributed by atoms with Crippen LogP contribution in [-0.4, -0.2) is 71.8 Å². The molecule has 142 valence electrons. The van der Waals surface area contributed by atoms with Crippen molar-refractivity contribution < 1.29 is 27.5 Å². The summed E-state index contributed by atoms with van der Waals surface area (Å²) in [6, 6.07) is 1.97. The van der Waals surface area contributed by atoms with E-state index in [1.165, 1.54) is 17.0 Å². The van der Waals surface area contributed by atoms with Gasteiger partial charge >= 0.3 is 0 Å². The van der Waals surface area contributed by atoms with Crippen LogP contribution in [0.2, 0.25) is 0 Å². The van der Waals surface area contributed by atoms with Crippen LogP contribution in [0.4, 0.5) is 0 Å². The highest BCUT2D eigenvalue weighted by atomic mass is 32.2. The minimum absolute atomic E-state index is 0.00149. The fourth-order valence-electron chi connectivity index (χ4n) is 4.09. The zero-order valence-corrected chi connectivity index (χ0v) is 15.2. The molecule has 1 aromatic heterocycles.